The number of benzene rings is 2. The molecule has 0 aliphatic carbocycles. The zero-order chi connectivity index (χ0) is 21.8. The molecular formula is C18H16F3N3O5. The highest BCUT2D eigenvalue weighted by molar-refractivity contribution is 6.00. The zero-order valence-electron chi connectivity index (χ0n) is 15.2. The largest absolute Gasteiger partial charge is 0.449 e. The van der Waals surface area contributed by atoms with Crippen molar-refractivity contribution >= 4 is 28.9 Å². The van der Waals surface area contributed by atoms with E-state index >= 15 is 0 Å². The summed E-state index contributed by atoms with van der Waals surface area (Å²) in [7, 11) is 1.47. The SMILES string of the molecule is CNc1ccc([N+](=O)[O-])cc1C(=O)OC(C)C(=O)Nc1ccccc1C(F)(F)F. The molecule has 1 amide bonds. The number of esters is 1. The molecule has 154 valence electrons. The number of para-hydroxylation sites is 1. The van der Waals surface area contributed by atoms with Crippen molar-refractivity contribution in [3.63, 3.8) is 0 Å². The van der Waals surface area contributed by atoms with E-state index in [1.807, 2.05) is 0 Å². The lowest BCUT2D eigenvalue weighted by Crippen LogP contribution is -2.31. The van der Waals surface area contributed by atoms with Crippen LogP contribution in [0.1, 0.15) is 22.8 Å². The molecule has 1 unspecified atom stereocenters. The monoisotopic (exact) mass is 411 g/mol. The van der Waals surface area contributed by atoms with Crippen molar-refractivity contribution in [2.45, 2.75) is 19.2 Å². The van der Waals surface area contributed by atoms with E-state index in [2.05, 4.69) is 10.6 Å². The second kappa shape index (κ2) is 8.59. The van der Waals surface area contributed by atoms with Gasteiger partial charge in [0.2, 0.25) is 0 Å². The van der Waals surface area contributed by atoms with Crippen molar-refractivity contribution in [2.75, 3.05) is 17.7 Å². The molecule has 0 aliphatic heterocycles. The molecule has 0 saturated heterocycles. The van der Waals surface area contributed by atoms with Crippen molar-refractivity contribution < 1.29 is 32.4 Å². The van der Waals surface area contributed by atoms with Crippen LogP contribution in [-0.4, -0.2) is 30.0 Å². The summed E-state index contributed by atoms with van der Waals surface area (Å²) in [5, 5.41) is 15.6. The summed E-state index contributed by atoms with van der Waals surface area (Å²) in [5.41, 5.74) is -1.89. The van der Waals surface area contributed by atoms with Gasteiger partial charge in [0.15, 0.2) is 6.10 Å². The molecule has 0 fully saturated rings. The molecule has 2 N–H and O–H groups in total. The van der Waals surface area contributed by atoms with Crippen LogP contribution in [0, 0.1) is 10.1 Å². The number of amides is 1. The number of nitro benzene ring substituents is 1. The number of ether oxygens (including phenoxy) is 1. The first-order valence-corrected chi connectivity index (χ1v) is 8.19. The first-order valence-electron chi connectivity index (χ1n) is 8.19. The van der Waals surface area contributed by atoms with Gasteiger partial charge in [-0.15, -0.1) is 0 Å². The Morgan fingerprint density at radius 3 is 2.38 bits per heavy atom. The van der Waals surface area contributed by atoms with Crippen LogP contribution in [0.4, 0.5) is 30.2 Å². The molecule has 11 heteroatoms. The number of non-ortho nitro benzene ring substituents is 1. The second-order valence-electron chi connectivity index (χ2n) is 5.82. The van der Waals surface area contributed by atoms with Gasteiger partial charge in [-0.25, -0.2) is 4.79 Å². The van der Waals surface area contributed by atoms with Crippen LogP contribution in [0.2, 0.25) is 0 Å². The number of nitrogens with one attached hydrogen (secondary N) is 2. The lowest BCUT2D eigenvalue weighted by Gasteiger charge is -2.17. The number of nitro groups is 1. The van der Waals surface area contributed by atoms with Gasteiger partial charge in [-0.3, -0.25) is 14.9 Å². The Morgan fingerprint density at radius 2 is 1.79 bits per heavy atom. The van der Waals surface area contributed by atoms with E-state index in [9.17, 15) is 32.9 Å². The van der Waals surface area contributed by atoms with E-state index in [1.165, 1.54) is 38.2 Å². The number of halogens is 3. The van der Waals surface area contributed by atoms with Crippen molar-refractivity contribution in [1.29, 1.82) is 0 Å². The minimum atomic E-state index is -4.69. The first-order chi connectivity index (χ1) is 13.5. The van der Waals surface area contributed by atoms with Gasteiger partial charge in [-0.05, 0) is 25.1 Å². The molecule has 0 radical (unpaired) electrons. The molecule has 0 aromatic heterocycles. The number of alkyl halides is 3. The average molecular weight is 411 g/mol. The molecule has 1 atom stereocenters. The van der Waals surface area contributed by atoms with E-state index < -0.39 is 40.3 Å². The maximum absolute atomic E-state index is 13.0. The van der Waals surface area contributed by atoms with E-state index in [0.717, 1.165) is 18.2 Å². The third-order valence-electron chi connectivity index (χ3n) is 3.85. The Morgan fingerprint density at radius 1 is 1.14 bits per heavy atom. The van der Waals surface area contributed by atoms with Gasteiger partial charge in [0.1, 0.15) is 0 Å². The normalized spacial score (nSPS) is 12.0. The number of nitrogens with zero attached hydrogens (tertiary/aromatic N) is 1. The van der Waals surface area contributed by atoms with Gasteiger partial charge in [0.05, 0.1) is 21.7 Å². The number of hydrogen-bond acceptors (Lipinski definition) is 6. The van der Waals surface area contributed by atoms with Crippen LogP contribution in [0.3, 0.4) is 0 Å². The fourth-order valence-corrected chi connectivity index (χ4v) is 2.38. The predicted octanol–water partition coefficient (Wildman–Crippen LogP) is 3.84. The molecule has 29 heavy (non-hydrogen) atoms. The summed E-state index contributed by atoms with van der Waals surface area (Å²) in [4.78, 5) is 34.7. The van der Waals surface area contributed by atoms with Crippen molar-refractivity contribution in [1.82, 2.24) is 0 Å². The molecule has 8 nitrogen and oxygen atoms in total. The van der Waals surface area contributed by atoms with Gasteiger partial charge in [0, 0.05) is 24.9 Å². The first kappa shape index (κ1) is 21.7. The van der Waals surface area contributed by atoms with Gasteiger partial charge >= 0.3 is 12.1 Å². The third kappa shape index (κ3) is 5.21. The summed E-state index contributed by atoms with van der Waals surface area (Å²) in [6, 6.07) is 7.78. The topological polar surface area (TPSA) is 111 Å². The molecule has 0 spiro atoms. The van der Waals surface area contributed by atoms with Gasteiger partial charge in [0.25, 0.3) is 11.6 Å². The maximum Gasteiger partial charge on any atom is 0.418 e. The number of hydrogen-bond donors (Lipinski definition) is 2. The molecule has 2 aromatic carbocycles. The molecule has 2 rings (SSSR count). The average Bonchev–Trinajstić information content (AvgIpc) is 2.66. The number of carbonyl (C=O) groups excluding carboxylic acids is 2. The van der Waals surface area contributed by atoms with E-state index in [1.54, 1.807) is 0 Å². The number of carbonyl (C=O) groups is 2. The number of rotatable bonds is 6. The summed E-state index contributed by atoms with van der Waals surface area (Å²) >= 11 is 0. The van der Waals surface area contributed by atoms with Crippen LogP contribution in [-0.2, 0) is 15.7 Å². The minimum Gasteiger partial charge on any atom is -0.449 e. The Labute approximate surface area is 162 Å². The fraction of sp³-hybridized carbons (Fsp3) is 0.222. The lowest BCUT2D eigenvalue weighted by atomic mass is 10.1. The summed E-state index contributed by atoms with van der Waals surface area (Å²) in [6.45, 7) is 1.17. The Bertz CT molecular complexity index is 947. The van der Waals surface area contributed by atoms with Crippen LogP contribution in [0.25, 0.3) is 0 Å². The molecule has 0 heterocycles. The van der Waals surface area contributed by atoms with Crippen LogP contribution in [0.5, 0.6) is 0 Å². The maximum atomic E-state index is 13.0. The summed E-state index contributed by atoms with van der Waals surface area (Å²) < 4.78 is 44.0. The quantitative estimate of drug-likeness (QED) is 0.425. The van der Waals surface area contributed by atoms with Gasteiger partial charge in [-0.1, -0.05) is 12.1 Å². The van der Waals surface area contributed by atoms with Crippen molar-refractivity contribution in [3.05, 3.63) is 63.7 Å². The van der Waals surface area contributed by atoms with E-state index in [-0.39, 0.29) is 16.9 Å². The van der Waals surface area contributed by atoms with Crippen LogP contribution in [0.15, 0.2) is 42.5 Å². The van der Waals surface area contributed by atoms with Crippen molar-refractivity contribution in [2.24, 2.45) is 0 Å². The minimum absolute atomic E-state index is 0.197. The Balaban J connectivity index is 2.18. The predicted molar refractivity (Wildman–Crippen MR) is 97.6 cm³/mol. The number of anilines is 2. The molecular weight excluding hydrogens is 395 g/mol. The molecule has 0 bridgehead atoms. The fourth-order valence-electron chi connectivity index (χ4n) is 2.38. The van der Waals surface area contributed by atoms with Gasteiger partial charge in [-0.2, -0.15) is 13.2 Å². The van der Waals surface area contributed by atoms with Crippen molar-refractivity contribution in [3.8, 4) is 0 Å². The molecule has 2 aromatic rings. The molecule has 0 aliphatic rings. The van der Waals surface area contributed by atoms with Crippen LogP contribution >= 0.6 is 0 Å². The highest BCUT2D eigenvalue weighted by Gasteiger charge is 2.34. The van der Waals surface area contributed by atoms with E-state index in [4.69, 9.17) is 4.74 Å². The Hall–Kier alpha value is -3.63. The van der Waals surface area contributed by atoms with Gasteiger partial charge < -0.3 is 15.4 Å². The molecule has 0 saturated carbocycles. The third-order valence-corrected chi connectivity index (χ3v) is 3.85. The zero-order valence-corrected chi connectivity index (χ0v) is 15.2. The smallest absolute Gasteiger partial charge is 0.418 e. The summed E-state index contributed by atoms with van der Waals surface area (Å²) in [6.07, 6.45) is -6.15. The Kier molecular flexibility index (Phi) is 6.42. The highest BCUT2D eigenvalue weighted by atomic mass is 19.4. The van der Waals surface area contributed by atoms with E-state index in [0.29, 0.717) is 0 Å². The van der Waals surface area contributed by atoms with Crippen LogP contribution < -0.4 is 10.6 Å². The standard InChI is InChI=1S/C18H16F3N3O5/c1-10(16(25)23-15-6-4-3-5-13(15)18(19,20)21)29-17(26)12-9-11(24(27)28)7-8-14(12)22-2/h3-10,22H,1-2H3,(H,23,25). The summed E-state index contributed by atoms with van der Waals surface area (Å²) in [5.74, 6) is -2.05. The highest BCUT2D eigenvalue weighted by Crippen LogP contribution is 2.34. The lowest BCUT2D eigenvalue weighted by molar-refractivity contribution is -0.384. The second-order valence-corrected chi connectivity index (χ2v) is 5.82.